The van der Waals surface area contributed by atoms with E-state index >= 15 is 0 Å². The van der Waals surface area contributed by atoms with Crippen LogP contribution in [-0.4, -0.2) is 34.7 Å². The summed E-state index contributed by atoms with van der Waals surface area (Å²) in [5, 5.41) is 0.798. The van der Waals surface area contributed by atoms with Crippen molar-refractivity contribution in [2.75, 3.05) is 11.5 Å². The van der Waals surface area contributed by atoms with Crippen molar-refractivity contribution >= 4 is 21.6 Å². The normalized spacial score (nSPS) is 16.8. The molecule has 0 saturated heterocycles. The fourth-order valence-electron chi connectivity index (χ4n) is 2.95. The van der Waals surface area contributed by atoms with Crippen molar-refractivity contribution in [3.05, 3.63) is 11.4 Å². The van der Waals surface area contributed by atoms with Crippen molar-refractivity contribution in [3.63, 3.8) is 0 Å². The molecule has 126 valence electrons. The van der Waals surface area contributed by atoms with Gasteiger partial charge in [-0.3, -0.25) is 0 Å². The molecular weight excluding hydrogens is 316 g/mol. The molecule has 2 rings (SSSR count). The standard InChI is InChI=1S/C16H28N2O2S2/c1-12(2)22(19,20)11-7-10-21-16-17-13(3)14(4)18(16)15-8-5-6-9-15/h12,15H,5-11H2,1-4H3. The van der Waals surface area contributed by atoms with E-state index in [0.717, 1.165) is 16.6 Å². The third-order valence-electron chi connectivity index (χ3n) is 4.57. The fraction of sp³-hybridized carbons (Fsp3) is 0.812. The van der Waals surface area contributed by atoms with Gasteiger partial charge in [0.2, 0.25) is 0 Å². The Morgan fingerprint density at radius 2 is 1.91 bits per heavy atom. The molecule has 6 heteroatoms. The van der Waals surface area contributed by atoms with Crippen LogP contribution in [-0.2, 0) is 9.84 Å². The Balaban J connectivity index is 1.97. The van der Waals surface area contributed by atoms with Crippen LogP contribution in [0, 0.1) is 13.8 Å². The van der Waals surface area contributed by atoms with Crippen molar-refractivity contribution in [2.45, 2.75) is 76.2 Å². The second kappa shape index (κ2) is 7.39. The summed E-state index contributed by atoms with van der Waals surface area (Å²) in [5.74, 6) is 1.09. The van der Waals surface area contributed by atoms with Gasteiger partial charge in [0.15, 0.2) is 15.0 Å². The number of hydrogen-bond donors (Lipinski definition) is 0. The Kier molecular flexibility index (Phi) is 6.00. The minimum atomic E-state index is -2.92. The lowest BCUT2D eigenvalue weighted by Crippen LogP contribution is -2.18. The van der Waals surface area contributed by atoms with Crippen molar-refractivity contribution in [2.24, 2.45) is 0 Å². The highest BCUT2D eigenvalue weighted by Crippen LogP contribution is 2.35. The first-order valence-electron chi connectivity index (χ1n) is 8.22. The summed E-state index contributed by atoms with van der Waals surface area (Å²) < 4.78 is 26.1. The predicted molar refractivity (Wildman–Crippen MR) is 93.5 cm³/mol. The number of rotatable bonds is 7. The van der Waals surface area contributed by atoms with E-state index in [1.54, 1.807) is 25.6 Å². The molecule has 0 unspecified atom stereocenters. The molecule has 0 spiro atoms. The topological polar surface area (TPSA) is 52.0 Å². The lowest BCUT2D eigenvalue weighted by Gasteiger charge is -2.17. The Labute approximate surface area is 139 Å². The lowest BCUT2D eigenvalue weighted by molar-refractivity contribution is 0.471. The number of thioether (sulfide) groups is 1. The van der Waals surface area contributed by atoms with Crippen LogP contribution in [0.5, 0.6) is 0 Å². The molecule has 1 fully saturated rings. The van der Waals surface area contributed by atoms with Crippen molar-refractivity contribution in [1.29, 1.82) is 0 Å². The van der Waals surface area contributed by atoms with Crippen LogP contribution in [0.3, 0.4) is 0 Å². The summed E-state index contributed by atoms with van der Waals surface area (Å²) in [5.41, 5.74) is 2.37. The van der Waals surface area contributed by atoms with Crippen LogP contribution in [0.15, 0.2) is 5.16 Å². The van der Waals surface area contributed by atoms with Gasteiger partial charge in [0.05, 0.1) is 16.7 Å². The SMILES string of the molecule is Cc1nc(SCCCS(=O)(=O)C(C)C)n(C2CCCC2)c1C. The number of nitrogens with zero attached hydrogens (tertiary/aromatic N) is 2. The highest BCUT2D eigenvalue weighted by atomic mass is 32.2. The number of aromatic nitrogens is 2. The largest absolute Gasteiger partial charge is 0.320 e. The van der Waals surface area contributed by atoms with E-state index in [4.69, 9.17) is 4.98 Å². The summed E-state index contributed by atoms with van der Waals surface area (Å²) in [6.45, 7) is 7.71. The van der Waals surface area contributed by atoms with Gasteiger partial charge in [0.25, 0.3) is 0 Å². The minimum Gasteiger partial charge on any atom is -0.320 e. The highest BCUT2D eigenvalue weighted by Gasteiger charge is 2.23. The molecule has 0 bridgehead atoms. The van der Waals surface area contributed by atoms with Gasteiger partial charge >= 0.3 is 0 Å². The van der Waals surface area contributed by atoms with Crippen LogP contribution in [0.2, 0.25) is 0 Å². The molecule has 1 aliphatic rings. The molecule has 0 atom stereocenters. The van der Waals surface area contributed by atoms with Crippen molar-refractivity contribution in [3.8, 4) is 0 Å². The maximum absolute atomic E-state index is 11.8. The zero-order valence-electron chi connectivity index (χ0n) is 14.1. The zero-order chi connectivity index (χ0) is 16.3. The quantitative estimate of drug-likeness (QED) is 0.556. The van der Waals surface area contributed by atoms with Gasteiger partial charge in [-0.2, -0.15) is 0 Å². The molecule has 0 aromatic carbocycles. The van der Waals surface area contributed by atoms with Crippen LogP contribution in [0.25, 0.3) is 0 Å². The van der Waals surface area contributed by atoms with E-state index in [0.29, 0.717) is 12.5 Å². The van der Waals surface area contributed by atoms with Gasteiger partial charge in [0.1, 0.15) is 0 Å². The predicted octanol–water partition coefficient (Wildman–Crippen LogP) is 3.92. The average Bonchev–Trinajstić information content (AvgIpc) is 3.04. The fourth-order valence-corrected chi connectivity index (χ4v) is 5.25. The van der Waals surface area contributed by atoms with E-state index in [1.807, 2.05) is 0 Å². The monoisotopic (exact) mass is 344 g/mol. The van der Waals surface area contributed by atoms with Gasteiger partial charge < -0.3 is 4.57 Å². The van der Waals surface area contributed by atoms with Crippen LogP contribution in [0.4, 0.5) is 0 Å². The molecule has 1 saturated carbocycles. The third kappa shape index (κ3) is 4.07. The second-order valence-electron chi connectivity index (χ2n) is 6.49. The Hall–Kier alpha value is -0.490. The molecule has 1 aromatic heterocycles. The third-order valence-corrected chi connectivity index (χ3v) is 7.90. The maximum Gasteiger partial charge on any atom is 0.168 e. The molecule has 1 aliphatic carbocycles. The summed E-state index contributed by atoms with van der Waals surface area (Å²) in [4.78, 5) is 4.70. The number of aryl methyl sites for hydroxylation is 1. The smallest absolute Gasteiger partial charge is 0.168 e. The Morgan fingerprint density at radius 1 is 1.27 bits per heavy atom. The van der Waals surface area contributed by atoms with Crippen LogP contribution >= 0.6 is 11.8 Å². The Morgan fingerprint density at radius 3 is 2.50 bits per heavy atom. The first-order valence-corrected chi connectivity index (χ1v) is 10.9. The lowest BCUT2D eigenvalue weighted by atomic mass is 10.2. The van der Waals surface area contributed by atoms with Crippen LogP contribution in [0.1, 0.15) is 63.4 Å². The van der Waals surface area contributed by atoms with Crippen molar-refractivity contribution in [1.82, 2.24) is 9.55 Å². The first kappa shape index (κ1) is 17.9. The molecule has 0 amide bonds. The van der Waals surface area contributed by atoms with Gasteiger partial charge in [-0.25, -0.2) is 13.4 Å². The van der Waals surface area contributed by atoms with Gasteiger partial charge in [-0.15, -0.1) is 0 Å². The van der Waals surface area contributed by atoms with Gasteiger partial charge in [0, 0.05) is 17.5 Å². The number of sulfone groups is 1. The molecule has 0 aliphatic heterocycles. The highest BCUT2D eigenvalue weighted by molar-refractivity contribution is 7.99. The van der Waals surface area contributed by atoms with Gasteiger partial charge in [-0.05, 0) is 47.0 Å². The van der Waals surface area contributed by atoms with E-state index in [1.165, 1.54) is 31.4 Å². The summed E-state index contributed by atoms with van der Waals surface area (Å²) in [6, 6.07) is 0.586. The number of hydrogen-bond acceptors (Lipinski definition) is 4. The summed E-state index contributed by atoms with van der Waals surface area (Å²) in [6.07, 6.45) is 5.79. The maximum atomic E-state index is 11.8. The Bertz CT molecular complexity index is 600. The van der Waals surface area contributed by atoms with E-state index in [2.05, 4.69) is 18.4 Å². The number of imidazole rings is 1. The van der Waals surface area contributed by atoms with E-state index in [9.17, 15) is 8.42 Å². The minimum absolute atomic E-state index is 0.275. The summed E-state index contributed by atoms with van der Waals surface area (Å²) in [7, 11) is -2.92. The summed E-state index contributed by atoms with van der Waals surface area (Å²) >= 11 is 1.71. The van der Waals surface area contributed by atoms with E-state index < -0.39 is 9.84 Å². The first-order chi connectivity index (χ1) is 10.3. The molecule has 22 heavy (non-hydrogen) atoms. The molecule has 1 heterocycles. The average molecular weight is 345 g/mol. The van der Waals surface area contributed by atoms with E-state index in [-0.39, 0.29) is 11.0 Å². The van der Waals surface area contributed by atoms with Crippen molar-refractivity contribution < 1.29 is 8.42 Å². The molecule has 4 nitrogen and oxygen atoms in total. The van der Waals surface area contributed by atoms with Crippen LogP contribution < -0.4 is 0 Å². The zero-order valence-corrected chi connectivity index (χ0v) is 15.8. The molecule has 0 radical (unpaired) electrons. The molecule has 0 N–H and O–H groups in total. The van der Waals surface area contributed by atoms with Gasteiger partial charge in [-0.1, -0.05) is 24.6 Å². The molecule has 1 aromatic rings. The molecular formula is C16H28N2O2S2. The second-order valence-corrected chi connectivity index (χ2v) is 10.2.